The van der Waals surface area contributed by atoms with Crippen molar-refractivity contribution in [2.75, 3.05) is 0 Å². The third-order valence-electron chi connectivity index (χ3n) is 4.83. The molecule has 0 bridgehead atoms. The van der Waals surface area contributed by atoms with Crippen LogP contribution < -0.4 is 10.7 Å². The highest BCUT2D eigenvalue weighted by molar-refractivity contribution is 6.30. The number of benzene rings is 3. The van der Waals surface area contributed by atoms with Crippen molar-refractivity contribution in [3.8, 4) is 0 Å². The van der Waals surface area contributed by atoms with E-state index >= 15 is 0 Å². The van der Waals surface area contributed by atoms with E-state index in [1.807, 2.05) is 36.5 Å². The quantitative estimate of drug-likeness (QED) is 0.604. The number of hydrazone groups is 1. The van der Waals surface area contributed by atoms with Gasteiger partial charge >= 0.3 is 5.91 Å². The first kappa shape index (κ1) is 20.1. The zero-order valence-corrected chi connectivity index (χ0v) is 17.3. The fraction of sp³-hybridized carbons (Fsp3) is 0.0870. The molecule has 1 aliphatic heterocycles. The van der Waals surface area contributed by atoms with Crippen molar-refractivity contribution in [2.24, 2.45) is 0 Å². The number of amides is 2. The molecule has 2 amide bonds. The standard InChI is InChI=1S/C23H17Cl2N3O2/c24-18-10-6-15(7-11-18)14-28-21(16-8-12-19(25)13-9-16)20(23(30)27-28)26-22(29)17-4-2-1-3-5-17/h1-14,20-21H,(H-,26,27,29,30)/p+1/b28-14-/t20-,21-/m1/s1. The number of hydrazine groups is 1. The average molecular weight is 439 g/mol. The summed E-state index contributed by atoms with van der Waals surface area (Å²) in [6, 6.07) is 22.0. The third kappa shape index (κ3) is 4.37. The van der Waals surface area contributed by atoms with Gasteiger partial charge in [0.1, 0.15) is 0 Å². The third-order valence-corrected chi connectivity index (χ3v) is 5.33. The lowest BCUT2D eigenvalue weighted by Gasteiger charge is -2.14. The molecule has 7 heteroatoms. The Labute approximate surface area is 183 Å². The SMILES string of the molecule is O=C(N[C@H]1C(=O)N/[N+](=C\c2ccc(Cl)cc2)[C@@H]1c1ccc(Cl)cc1)c1ccccc1. The largest absolute Gasteiger partial charge is 0.334 e. The molecule has 0 radical (unpaired) electrons. The number of halogens is 2. The van der Waals surface area contributed by atoms with Gasteiger partial charge in [-0.15, -0.1) is 10.1 Å². The van der Waals surface area contributed by atoms with Crippen LogP contribution in [0.2, 0.25) is 10.0 Å². The van der Waals surface area contributed by atoms with Crippen molar-refractivity contribution >= 4 is 41.2 Å². The lowest BCUT2D eigenvalue weighted by molar-refractivity contribution is -0.596. The smallest absolute Gasteiger partial charge is 0.304 e. The molecule has 3 aromatic carbocycles. The van der Waals surface area contributed by atoms with E-state index in [1.54, 1.807) is 53.2 Å². The monoisotopic (exact) mass is 438 g/mol. The maximum Gasteiger partial charge on any atom is 0.304 e. The molecule has 1 saturated heterocycles. The van der Waals surface area contributed by atoms with Crippen LogP contribution in [0.5, 0.6) is 0 Å². The van der Waals surface area contributed by atoms with Crippen molar-refractivity contribution in [3.05, 3.63) is 106 Å². The fourth-order valence-electron chi connectivity index (χ4n) is 3.36. The predicted octanol–water partition coefficient (Wildman–Crippen LogP) is 4.01. The summed E-state index contributed by atoms with van der Waals surface area (Å²) in [6.07, 6.45) is 1.81. The van der Waals surface area contributed by atoms with Gasteiger partial charge in [-0.1, -0.05) is 53.5 Å². The maximum atomic E-state index is 12.8. The van der Waals surface area contributed by atoms with Crippen LogP contribution in [0, 0.1) is 0 Å². The van der Waals surface area contributed by atoms with E-state index in [0.717, 1.165) is 11.1 Å². The number of nitrogens with one attached hydrogen (secondary N) is 2. The molecule has 0 saturated carbocycles. The topological polar surface area (TPSA) is 61.2 Å². The Morgan fingerprint density at radius 1 is 0.900 bits per heavy atom. The zero-order valence-electron chi connectivity index (χ0n) is 15.8. The van der Waals surface area contributed by atoms with Crippen molar-refractivity contribution in [1.29, 1.82) is 0 Å². The van der Waals surface area contributed by atoms with Gasteiger partial charge in [0, 0.05) is 26.7 Å². The van der Waals surface area contributed by atoms with Crippen LogP contribution >= 0.6 is 23.2 Å². The number of nitrogens with zero attached hydrogens (tertiary/aromatic N) is 1. The van der Waals surface area contributed by atoms with Crippen LogP contribution in [-0.4, -0.2) is 28.8 Å². The second kappa shape index (κ2) is 8.69. The molecule has 0 aliphatic carbocycles. The Morgan fingerprint density at radius 2 is 1.50 bits per heavy atom. The van der Waals surface area contributed by atoms with E-state index in [1.165, 1.54) is 0 Å². The highest BCUT2D eigenvalue weighted by Gasteiger charge is 2.47. The Bertz CT molecular complexity index is 1100. The highest BCUT2D eigenvalue weighted by Crippen LogP contribution is 2.27. The Morgan fingerprint density at radius 3 is 2.13 bits per heavy atom. The van der Waals surface area contributed by atoms with E-state index in [9.17, 15) is 9.59 Å². The summed E-state index contributed by atoms with van der Waals surface area (Å²) in [6.45, 7) is 0. The van der Waals surface area contributed by atoms with Gasteiger partial charge in [-0.05, 0) is 48.5 Å². The molecule has 150 valence electrons. The fourth-order valence-corrected chi connectivity index (χ4v) is 3.62. The van der Waals surface area contributed by atoms with E-state index in [0.29, 0.717) is 15.6 Å². The molecular formula is C23H18Cl2N3O2+. The first-order valence-corrected chi connectivity index (χ1v) is 10.1. The van der Waals surface area contributed by atoms with Gasteiger partial charge in [0.05, 0.1) is 0 Å². The predicted molar refractivity (Wildman–Crippen MR) is 117 cm³/mol. The second-order valence-corrected chi connectivity index (χ2v) is 7.75. The van der Waals surface area contributed by atoms with Crippen molar-refractivity contribution in [3.63, 3.8) is 0 Å². The Balaban J connectivity index is 1.70. The minimum atomic E-state index is -0.789. The number of hydrogen-bond acceptors (Lipinski definition) is 2. The Hall–Kier alpha value is -3.15. The second-order valence-electron chi connectivity index (χ2n) is 6.88. The summed E-state index contributed by atoms with van der Waals surface area (Å²) < 4.78 is 1.70. The first-order chi connectivity index (χ1) is 14.5. The van der Waals surface area contributed by atoms with Gasteiger partial charge < -0.3 is 5.32 Å². The van der Waals surface area contributed by atoms with Crippen molar-refractivity contribution < 1.29 is 14.3 Å². The average Bonchev–Trinajstić information content (AvgIpc) is 3.05. The van der Waals surface area contributed by atoms with Crippen LogP contribution in [0.25, 0.3) is 0 Å². The molecule has 3 aromatic rings. The summed E-state index contributed by atoms with van der Waals surface area (Å²) in [5.41, 5.74) is 5.02. The molecular weight excluding hydrogens is 421 g/mol. The van der Waals surface area contributed by atoms with Gasteiger partial charge in [-0.25, -0.2) is 0 Å². The normalized spacial score (nSPS) is 19.5. The van der Waals surface area contributed by atoms with Gasteiger partial charge in [-0.3, -0.25) is 9.59 Å². The van der Waals surface area contributed by atoms with E-state index in [2.05, 4.69) is 10.7 Å². The van der Waals surface area contributed by atoms with Gasteiger partial charge in [0.25, 0.3) is 5.91 Å². The molecule has 2 N–H and O–H groups in total. The molecule has 1 aliphatic rings. The lowest BCUT2D eigenvalue weighted by Crippen LogP contribution is -2.42. The van der Waals surface area contributed by atoms with E-state index in [-0.39, 0.29) is 11.8 Å². The van der Waals surface area contributed by atoms with Crippen LogP contribution in [0.3, 0.4) is 0 Å². The molecule has 30 heavy (non-hydrogen) atoms. The molecule has 1 heterocycles. The van der Waals surface area contributed by atoms with Gasteiger partial charge in [-0.2, -0.15) is 0 Å². The highest BCUT2D eigenvalue weighted by atomic mass is 35.5. The molecule has 2 atom stereocenters. The maximum absolute atomic E-state index is 12.8. The van der Waals surface area contributed by atoms with Crippen LogP contribution in [0.15, 0.2) is 78.9 Å². The van der Waals surface area contributed by atoms with E-state index < -0.39 is 12.1 Å². The zero-order chi connectivity index (χ0) is 21.1. The first-order valence-electron chi connectivity index (χ1n) is 9.32. The minimum Gasteiger partial charge on any atom is -0.334 e. The van der Waals surface area contributed by atoms with Gasteiger partial charge in [0.15, 0.2) is 6.04 Å². The van der Waals surface area contributed by atoms with Crippen molar-refractivity contribution in [1.82, 2.24) is 10.7 Å². The Kier molecular flexibility index (Phi) is 5.84. The molecule has 1 fully saturated rings. The number of carbonyl (C=O) groups excluding carboxylic acids is 2. The van der Waals surface area contributed by atoms with Crippen LogP contribution in [0.1, 0.15) is 27.5 Å². The summed E-state index contributed by atoms with van der Waals surface area (Å²) in [4.78, 5) is 25.5. The number of carbonyl (C=O) groups is 2. The summed E-state index contributed by atoms with van der Waals surface area (Å²) >= 11 is 12.0. The molecule has 4 rings (SSSR count). The molecule has 5 nitrogen and oxygen atoms in total. The summed E-state index contributed by atoms with van der Waals surface area (Å²) in [7, 11) is 0. The van der Waals surface area contributed by atoms with Crippen LogP contribution in [0.4, 0.5) is 0 Å². The van der Waals surface area contributed by atoms with E-state index in [4.69, 9.17) is 23.2 Å². The number of rotatable bonds is 4. The van der Waals surface area contributed by atoms with Crippen LogP contribution in [-0.2, 0) is 4.79 Å². The number of hydrogen-bond donors (Lipinski definition) is 2. The molecule has 0 aromatic heterocycles. The molecule has 0 unspecified atom stereocenters. The van der Waals surface area contributed by atoms with Gasteiger partial charge in [0.2, 0.25) is 12.3 Å². The summed E-state index contributed by atoms with van der Waals surface area (Å²) in [5, 5.41) is 4.08. The minimum absolute atomic E-state index is 0.301. The summed E-state index contributed by atoms with van der Waals surface area (Å²) in [5.74, 6) is -0.618. The lowest BCUT2D eigenvalue weighted by atomic mass is 10.00. The molecule has 0 spiro atoms. The van der Waals surface area contributed by atoms with Crippen molar-refractivity contribution in [2.45, 2.75) is 12.1 Å².